The highest BCUT2D eigenvalue weighted by molar-refractivity contribution is 6.37. The van der Waals surface area contributed by atoms with Crippen molar-refractivity contribution in [3.63, 3.8) is 0 Å². The van der Waals surface area contributed by atoms with Gasteiger partial charge in [0.05, 0.1) is 56.2 Å². The Labute approximate surface area is 264 Å². The van der Waals surface area contributed by atoms with Gasteiger partial charge in [0, 0.05) is 50.6 Å². The van der Waals surface area contributed by atoms with E-state index >= 15 is 8.78 Å². The predicted molar refractivity (Wildman–Crippen MR) is 171 cm³/mol. The molecule has 1 saturated heterocycles. The molecule has 3 aromatic rings. The van der Waals surface area contributed by atoms with Gasteiger partial charge >= 0.3 is 0 Å². The second kappa shape index (κ2) is 11.9. The lowest BCUT2D eigenvalue weighted by molar-refractivity contribution is -0.128. The van der Waals surface area contributed by atoms with Gasteiger partial charge in [-0.3, -0.25) is 15.2 Å². The highest BCUT2D eigenvalue weighted by Gasteiger charge is 2.40. The molecule has 0 saturated carbocycles. The van der Waals surface area contributed by atoms with Crippen LogP contribution < -0.4 is 16.0 Å². The van der Waals surface area contributed by atoms with Crippen molar-refractivity contribution in [2.75, 3.05) is 49.2 Å². The molecular weight excluding hydrogens is 611 g/mol. The third-order valence-corrected chi connectivity index (χ3v) is 8.90. The summed E-state index contributed by atoms with van der Waals surface area (Å²) < 4.78 is 33.0. The van der Waals surface area contributed by atoms with E-state index in [2.05, 4.69) is 16.9 Å². The average Bonchev–Trinajstić information content (AvgIpc) is 3.09. The number of rotatable bonds is 5. The number of nitrogens with zero attached hydrogens (tertiary/aromatic N) is 4. The minimum Gasteiger partial charge on any atom is -0.397 e. The van der Waals surface area contributed by atoms with Gasteiger partial charge in [0.1, 0.15) is 5.84 Å². The Bertz CT molecular complexity index is 1690. The van der Waals surface area contributed by atoms with E-state index in [0.717, 1.165) is 6.07 Å². The van der Waals surface area contributed by atoms with E-state index in [1.807, 2.05) is 9.80 Å². The molecule has 13 heteroatoms. The van der Waals surface area contributed by atoms with Crippen LogP contribution in [0.2, 0.25) is 10.0 Å². The molecule has 1 fully saturated rings. The number of carbonyl (C=O) groups excluding carboxylic acids is 1. The van der Waals surface area contributed by atoms with Crippen molar-refractivity contribution in [3.05, 3.63) is 75.0 Å². The van der Waals surface area contributed by atoms with Gasteiger partial charge in [-0.25, -0.2) is 8.78 Å². The number of anilines is 4. The Morgan fingerprint density at radius 1 is 1.18 bits per heavy atom. The summed E-state index contributed by atoms with van der Waals surface area (Å²) in [5.41, 5.74) is 7.74. The first-order valence-corrected chi connectivity index (χ1v) is 14.7. The van der Waals surface area contributed by atoms with Crippen LogP contribution in [-0.4, -0.2) is 70.9 Å². The van der Waals surface area contributed by atoms with E-state index in [0.29, 0.717) is 48.7 Å². The van der Waals surface area contributed by atoms with E-state index in [1.54, 1.807) is 38.8 Å². The minimum absolute atomic E-state index is 0.0220. The quantitative estimate of drug-likeness (QED) is 0.157. The third-order valence-electron chi connectivity index (χ3n) is 8.31. The zero-order valence-electron chi connectivity index (χ0n) is 24.7. The van der Waals surface area contributed by atoms with Crippen LogP contribution in [0.4, 0.5) is 31.5 Å². The molecule has 2 aromatic carbocycles. The summed E-state index contributed by atoms with van der Waals surface area (Å²) in [5, 5.41) is 22.7. The first-order chi connectivity index (χ1) is 20.8. The number of pyridine rings is 1. The van der Waals surface area contributed by atoms with Gasteiger partial charge in [0.15, 0.2) is 11.6 Å². The van der Waals surface area contributed by atoms with Gasteiger partial charge in [0.2, 0.25) is 5.91 Å². The number of nitrogens with one attached hydrogen (secondary N) is 2. The van der Waals surface area contributed by atoms with Crippen molar-refractivity contribution in [1.82, 2.24) is 14.8 Å². The average molecular weight is 645 g/mol. The first kappa shape index (κ1) is 31.5. The van der Waals surface area contributed by atoms with Crippen molar-refractivity contribution in [3.8, 4) is 11.1 Å². The van der Waals surface area contributed by atoms with Crippen LogP contribution in [0.3, 0.4) is 0 Å². The fraction of sp³-hybridized carbons (Fsp3) is 0.323. The molecule has 0 spiro atoms. The fourth-order valence-corrected chi connectivity index (χ4v) is 6.63. The molecule has 0 bridgehead atoms. The smallest absolute Gasteiger partial charge is 0.246 e. The second-order valence-electron chi connectivity index (χ2n) is 11.1. The number of aryl methyl sites for hydroxylation is 1. The number of fused-ring (bicyclic) bond motifs is 2. The molecule has 3 heterocycles. The number of amides is 1. The monoisotopic (exact) mass is 643 g/mol. The summed E-state index contributed by atoms with van der Waals surface area (Å²) in [6.07, 6.45) is 1.79. The van der Waals surface area contributed by atoms with Gasteiger partial charge in [-0.15, -0.1) is 0 Å². The summed E-state index contributed by atoms with van der Waals surface area (Å²) >= 11 is 12.5. The summed E-state index contributed by atoms with van der Waals surface area (Å²) in [5.74, 6) is -2.02. The molecule has 1 aromatic heterocycles. The molecule has 1 amide bonds. The van der Waals surface area contributed by atoms with Crippen molar-refractivity contribution in [1.29, 1.82) is 5.41 Å². The number of nitrogens with two attached hydrogens (primary N) is 1. The van der Waals surface area contributed by atoms with Crippen LogP contribution in [-0.2, 0) is 4.79 Å². The van der Waals surface area contributed by atoms with Crippen molar-refractivity contribution in [2.45, 2.75) is 32.9 Å². The molecule has 2 atom stereocenters. The number of carbonyl (C=O) groups is 1. The largest absolute Gasteiger partial charge is 0.397 e. The zero-order chi connectivity index (χ0) is 32.2. The van der Waals surface area contributed by atoms with Crippen LogP contribution in [0.5, 0.6) is 0 Å². The Balaban J connectivity index is 1.83. The third kappa shape index (κ3) is 5.12. The van der Waals surface area contributed by atoms with Crippen molar-refractivity contribution < 1.29 is 18.7 Å². The number of aliphatic hydroxyl groups excluding tert-OH is 1. The molecule has 0 aliphatic carbocycles. The van der Waals surface area contributed by atoms with Gasteiger partial charge in [-0.05, 0) is 50.1 Å². The van der Waals surface area contributed by atoms with E-state index in [9.17, 15) is 15.3 Å². The molecule has 44 heavy (non-hydrogen) atoms. The second-order valence-corrected chi connectivity index (χ2v) is 11.9. The standard InChI is InChI=1S/C31H33Cl2F2N7O2/c1-6-20(44)41-9-10-42-17(13-41)12-40(5)30-15(3)21(22-24(34)18(32)11-19(33)26(22)36)25(35)29(23(30)31(42)37)39-27-14(2)7-8-38-28(27)16(4)43/h6-8,11,16-17,37,39,43H,1,9-10,12-13,36H2,2-5H3. The maximum absolute atomic E-state index is 17.2. The number of nitrogen functional groups attached to an aromatic ring is 1. The first-order valence-electron chi connectivity index (χ1n) is 14.0. The molecule has 2 aliphatic rings. The number of benzene rings is 2. The van der Waals surface area contributed by atoms with Crippen LogP contribution >= 0.6 is 23.2 Å². The molecule has 9 nitrogen and oxygen atoms in total. The Kier molecular flexibility index (Phi) is 8.50. The van der Waals surface area contributed by atoms with Gasteiger partial charge in [0.25, 0.3) is 0 Å². The molecule has 232 valence electrons. The Hall–Kier alpha value is -3.93. The SMILES string of the molecule is C=CC(=O)N1CCN2C(=N)c3c(Nc4c(C)ccnc4C(C)O)c(F)c(-c4c(N)c(Cl)cc(Cl)c4F)c(C)c3N(C)CC2C1. The van der Waals surface area contributed by atoms with E-state index in [-0.39, 0.29) is 61.6 Å². The fourth-order valence-electron chi connectivity index (χ4n) is 6.17. The highest BCUT2D eigenvalue weighted by Crippen LogP contribution is 2.49. The van der Waals surface area contributed by atoms with Crippen molar-refractivity contribution in [2.24, 2.45) is 0 Å². The number of hydrogen-bond acceptors (Lipinski definition) is 7. The van der Waals surface area contributed by atoms with Gasteiger partial charge in [-0.2, -0.15) is 0 Å². The van der Waals surface area contributed by atoms with E-state index in [1.165, 1.54) is 12.3 Å². The number of likely N-dealkylation sites (N-methyl/N-ethyl adjacent to an activating group) is 1. The van der Waals surface area contributed by atoms with Crippen LogP contribution in [0.1, 0.15) is 35.4 Å². The lowest BCUT2D eigenvalue weighted by atomic mass is 9.91. The lowest BCUT2D eigenvalue weighted by Crippen LogP contribution is -2.58. The van der Waals surface area contributed by atoms with E-state index < -0.39 is 17.7 Å². The molecule has 0 radical (unpaired) electrons. The summed E-state index contributed by atoms with van der Waals surface area (Å²) in [4.78, 5) is 22.2. The van der Waals surface area contributed by atoms with E-state index in [4.69, 9.17) is 28.9 Å². The number of piperazine rings is 1. The molecular formula is C31H33Cl2F2N7O2. The number of halogens is 4. The maximum Gasteiger partial charge on any atom is 0.246 e. The molecule has 5 N–H and O–H groups in total. The van der Waals surface area contributed by atoms with Gasteiger partial charge < -0.3 is 30.9 Å². The Morgan fingerprint density at radius 2 is 1.89 bits per heavy atom. The number of amidine groups is 1. The molecule has 2 aliphatic heterocycles. The predicted octanol–water partition coefficient (Wildman–Crippen LogP) is 5.80. The lowest BCUT2D eigenvalue weighted by Gasteiger charge is -2.42. The topological polar surface area (TPSA) is 122 Å². The van der Waals surface area contributed by atoms with Crippen LogP contribution in [0.15, 0.2) is 31.0 Å². The number of aromatic nitrogens is 1. The van der Waals surface area contributed by atoms with Gasteiger partial charge in [-0.1, -0.05) is 29.8 Å². The van der Waals surface area contributed by atoms with Crippen LogP contribution in [0, 0.1) is 30.9 Å². The zero-order valence-corrected chi connectivity index (χ0v) is 26.2. The maximum atomic E-state index is 17.2. The Morgan fingerprint density at radius 3 is 2.55 bits per heavy atom. The molecule has 2 unspecified atom stereocenters. The minimum atomic E-state index is -1.01. The highest BCUT2D eigenvalue weighted by atomic mass is 35.5. The summed E-state index contributed by atoms with van der Waals surface area (Å²) in [6, 6.07) is 2.56. The van der Waals surface area contributed by atoms with Crippen LogP contribution in [0.25, 0.3) is 11.1 Å². The number of hydrogen-bond donors (Lipinski definition) is 4. The summed E-state index contributed by atoms with van der Waals surface area (Å²) in [7, 11) is 1.80. The summed E-state index contributed by atoms with van der Waals surface area (Å²) in [6.45, 7) is 9.90. The normalized spacial score (nSPS) is 17.2. The molecule has 5 rings (SSSR count). The van der Waals surface area contributed by atoms with Crippen molar-refractivity contribution >= 4 is 57.7 Å². The number of aliphatic hydroxyl groups is 1.